The number of thioether (sulfide) groups is 1. The Morgan fingerprint density at radius 3 is 2.61 bits per heavy atom. The lowest BCUT2D eigenvalue weighted by Gasteiger charge is -2.26. The van der Waals surface area contributed by atoms with E-state index < -0.39 is 0 Å². The lowest BCUT2D eigenvalue weighted by atomic mass is 9.84. The molecule has 1 aromatic carbocycles. The van der Waals surface area contributed by atoms with Crippen molar-refractivity contribution in [2.45, 2.75) is 31.6 Å². The van der Waals surface area contributed by atoms with E-state index in [1.54, 1.807) is 17.3 Å². The SMILES string of the molecule is CSc1ccc(NCC2CC(C)=CC(C)C2)cc1. The Kier molecular flexibility index (Phi) is 4.76. The van der Waals surface area contributed by atoms with Crippen molar-refractivity contribution in [3.63, 3.8) is 0 Å². The maximum Gasteiger partial charge on any atom is 0.0341 e. The molecule has 0 bridgehead atoms. The van der Waals surface area contributed by atoms with E-state index in [2.05, 4.69) is 55.8 Å². The fourth-order valence-electron chi connectivity index (χ4n) is 2.81. The third kappa shape index (κ3) is 3.81. The number of nitrogens with one attached hydrogen (secondary N) is 1. The molecule has 1 aliphatic rings. The van der Waals surface area contributed by atoms with Gasteiger partial charge in [0.1, 0.15) is 0 Å². The first-order valence-electron chi connectivity index (χ1n) is 6.72. The summed E-state index contributed by atoms with van der Waals surface area (Å²) in [5.74, 6) is 1.52. The highest BCUT2D eigenvalue weighted by Gasteiger charge is 2.17. The molecule has 1 nitrogen and oxygen atoms in total. The molecule has 2 heteroatoms. The van der Waals surface area contributed by atoms with Gasteiger partial charge in [0.2, 0.25) is 0 Å². The first kappa shape index (κ1) is 13.5. The minimum absolute atomic E-state index is 0.740. The van der Waals surface area contributed by atoms with Gasteiger partial charge in [0, 0.05) is 17.1 Å². The van der Waals surface area contributed by atoms with E-state index in [-0.39, 0.29) is 0 Å². The molecule has 2 unspecified atom stereocenters. The van der Waals surface area contributed by atoms with E-state index in [9.17, 15) is 0 Å². The topological polar surface area (TPSA) is 12.0 Å². The zero-order valence-electron chi connectivity index (χ0n) is 11.6. The van der Waals surface area contributed by atoms with Gasteiger partial charge >= 0.3 is 0 Å². The van der Waals surface area contributed by atoms with Crippen LogP contribution < -0.4 is 5.32 Å². The molecule has 0 radical (unpaired) electrons. The van der Waals surface area contributed by atoms with E-state index in [0.29, 0.717) is 0 Å². The van der Waals surface area contributed by atoms with Gasteiger partial charge in [-0.25, -0.2) is 0 Å². The quantitative estimate of drug-likeness (QED) is 0.616. The molecule has 0 saturated heterocycles. The van der Waals surface area contributed by atoms with Gasteiger partial charge in [-0.2, -0.15) is 0 Å². The van der Waals surface area contributed by atoms with E-state index in [4.69, 9.17) is 0 Å². The third-order valence-corrected chi connectivity index (χ3v) is 4.31. The second-order valence-electron chi connectivity index (χ2n) is 5.41. The molecular weight excluding hydrogens is 238 g/mol. The average Bonchev–Trinajstić information content (AvgIpc) is 2.36. The molecule has 0 aromatic heterocycles. The summed E-state index contributed by atoms with van der Waals surface area (Å²) in [5, 5.41) is 3.57. The molecule has 0 spiro atoms. The van der Waals surface area contributed by atoms with Crippen LogP contribution in [0, 0.1) is 11.8 Å². The van der Waals surface area contributed by atoms with Crippen LogP contribution in [0.4, 0.5) is 5.69 Å². The van der Waals surface area contributed by atoms with Crippen molar-refractivity contribution in [3.8, 4) is 0 Å². The van der Waals surface area contributed by atoms with Crippen molar-refractivity contribution < 1.29 is 0 Å². The van der Waals surface area contributed by atoms with Gasteiger partial charge in [0.15, 0.2) is 0 Å². The smallest absolute Gasteiger partial charge is 0.0341 e. The van der Waals surface area contributed by atoms with Crippen LogP contribution >= 0.6 is 11.8 Å². The van der Waals surface area contributed by atoms with Crippen molar-refractivity contribution in [2.75, 3.05) is 18.1 Å². The second kappa shape index (κ2) is 6.33. The van der Waals surface area contributed by atoms with Crippen molar-refractivity contribution in [3.05, 3.63) is 35.9 Å². The lowest BCUT2D eigenvalue weighted by molar-refractivity contribution is 0.421. The molecule has 0 amide bonds. The normalized spacial score (nSPS) is 23.6. The van der Waals surface area contributed by atoms with Gasteiger partial charge in [0.25, 0.3) is 0 Å². The molecule has 1 N–H and O–H groups in total. The van der Waals surface area contributed by atoms with Crippen LogP contribution in [-0.4, -0.2) is 12.8 Å². The highest BCUT2D eigenvalue weighted by molar-refractivity contribution is 7.98. The van der Waals surface area contributed by atoms with Crippen LogP contribution in [0.15, 0.2) is 40.8 Å². The highest BCUT2D eigenvalue weighted by Crippen LogP contribution is 2.28. The zero-order valence-corrected chi connectivity index (χ0v) is 12.4. The molecule has 0 saturated carbocycles. The van der Waals surface area contributed by atoms with Gasteiger partial charge in [-0.3, -0.25) is 0 Å². The Hall–Kier alpha value is -0.890. The van der Waals surface area contributed by atoms with E-state index in [0.717, 1.165) is 18.4 Å². The van der Waals surface area contributed by atoms with Gasteiger partial charge in [-0.05, 0) is 62.1 Å². The second-order valence-corrected chi connectivity index (χ2v) is 6.29. The highest BCUT2D eigenvalue weighted by atomic mass is 32.2. The number of benzene rings is 1. The summed E-state index contributed by atoms with van der Waals surface area (Å²) in [6.45, 7) is 5.67. The van der Waals surface area contributed by atoms with E-state index in [1.165, 1.54) is 23.4 Å². The molecule has 0 aliphatic heterocycles. The van der Waals surface area contributed by atoms with Gasteiger partial charge in [-0.15, -0.1) is 11.8 Å². The molecule has 0 fully saturated rings. The third-order valence-electron chi connectivity index (χ3n) is 3.57. The summed E-state index contributed by atoms with van der Waals surface area (Å²) < 4.78 is 0. The zero-order chi connectivity index (χ0) is 13.0. The van der Waals surface area contributed by atoms with Crippen LogP contribution in [0.2, 0.25) is 0 Å². The van der Waals surface area contributed by atoms with Crippen LogP contribution in [0.5, 0.6) is 0 Å². The lowest BCUT2D eigenvalue weighted by Crippen LogP contribution is -2.20. The van der Waals surface area contributed by atoms with E-state index >= 15 is 0 Å². The maximum atomic E-state index is 3.57. The van der Waals surface area contributed by atoms with Gasteiger partial charge in [0.05, 0.1) is 0 Å². The van der Waals surface area contributed by atoms with Gasteiger partial charge < -0.3 is 5.32 Å². The van der Waals surface area contributed by atoms with Gasteiger partial charge in [-0.1, -0.05) is 18.6 Å². The number of rotatable bonds is 4. The fraction of sp³-hybridized carbons (Fsp3) is 0.500. The predicted octanol–water partition coefficient (Wildman–Crippen LogP) is 4.81. The van der Waals surface area contributed by atoms with Crippen molar-refractivity contribution in [2.24, 2.45) is 11.8 Å². The number of hydrogen-bond acceptors (Lipinski definition) is 2. The minimum Gasteiger partial charge on any atom is -0.385 e. The van der Waals surface area contributed by atoms with E-state index in [1.807, 2.05) is 0 Å². The molecule has 2 atom stereocenters. The molecular formula is C16H23NS. The summed E-state index contributed by atoms with van der Waals surface area (Å²) in [5.41, 5.74) is 2.80. The first-order chi connectivity index (χ1) is 8.67. The molecule has 1 aromatic rings. The Morgan fingerprint density at radius 1 is 1.28 bits per heavy atom. The van der Waals surface area contributed by atoms with Crippen molar-refractivity contribution >= 4 is 17.4 Å². The summed E-state index contributed by atoms with van der Waals surface area (Å²) in [6.07, 6.45) is 7.10. The summed E-state index contributed by atoms with van der Waals surface area (Å²) in [4.78, 5) is 1.32. The average molecular weight is 261 g/mol. The molecule has 0 heterocycles. The van der Waals surface area contributed by atoms with Crippen LogP contribution in [0.25, 0.3) is 0 Å². The molecule has 2 rings (SSSR count). The molecule has 98 valence electrons. The summed E-state index contributed by atoms with van der Waals surface area (Å²) in [6, 6.07) is 8.73. The first-order valence-corrected chi connectivity index (χ1v) is 7.95. The van der Waals surface area contributed by atoms with Crippen molar-refractivity contribution in [1.29, 1.82) is 0 Å². The number of allylic oxidation sites excluding steroid dienone is 2. The Bertz CT molecular complexity index is 408. The summed E-state index contributed by atoms with van der Waals surface area (Å²) >= 11 is 1.79. The number of hydrogen-bond donors (Lipinski definition) is 1. The predicted molar refractivity (Wildman–Crippen MR) is 82.4 cm³/mol. The number of anilines is 1. The standard InChI is InChI=1S/C16H23NS/c1-12-8-13(2)10-14(9-12)11-17-15-4-6-16(18-3)7-5-15/h4-8,12,14,17H,9-11H2,1-3H3. The fourth-order valence-corrected chi connectivity index (χ4v) is 3.22. The van der Waals surface area contributed by atoms with Crippen LogP contribution in [0.3, 0.4) is 0 Å². The van der Waals surface area contributed by atoms with Crippen molar-refractivity contribution in [1.82, 2.24) is 0 Å². The molecule has 1 aliphatic carbocycles. The summed E-state index contributed by atoms with van der Waals surface area (Å²) in [7, 11) is 0. The minimum atomic E-state index is 0.740. The Morgan fingerprint density at radius 2 is 2.00 bits per heavy atom. The molecule has 18 heavy (non-hydrogen) atoms. The monoisotopic (exact) mass is 261 g/mol. The largest absolute Gasteiger partial charge is 0.385 e. The maximum absolute atomic E-state index is 3.57. The van der Waals surface area contributed by atoms with Crippen LogP contribution in [-0.2, 0) is 0 Å². The Labute approximate surface area is 115 Å². The van der Waals surface area contributed by atoms with Crippen LogP contribution in [0.1, 0.15) is 26.7 Å². The Balaban J connectivity index is 1.86.